The normalized spacial score (nSPS) is 24.0. The third-order valence-corrected chi connectivity index (χ3v) is 5.62. The molecule has 2 unspecified atom stereocenters. The van der Waals surface area contributed by atoms with E-state index < -0.39 is 15.4 Å². The molecule has 0 amide bonds. The third-order valence-electron chi connectivity index (χ3n) is 3.85. The van der Waals surface area contributed by atoms with E-state index in [4.69, 9.17) is 9.26 Å². The molecular formula is C13H23N3O4S. The fraction of sp³-hybridized carbons (Fsp3) is 0.846. The molecule has 1 aromatic rings. The molecular weight excluding hydrogens is 294 g/mol. The lowest BCUT2D eigenvalue weighted by Crippen LogP contribution is -2.30. The predicted molar refractivity (Wildman–Crippen MR) is 77.5 cm³/mol. The summed E-state index contributed by atoms with van der Waals surface area (Å²) in [5.41, 5.74) is -0.548. The Balaban J connectivity index is 1.94. The maximum atomic E-state index is 11.4. The molecule has 1 aliphatic rings. The Labute approximate surface area is 125 Å². The standard InChI is InChI=1S/C13H23N3O4S/c1-4-13(3,19-5-2)12-15-11(20-16-12)8-14-10-6-7-21(17,18)9-10/h10,14H,4-9H2,1-3H3. The minimum Gasteiger partial charge on any atom is -0.367 e. The number of hydrogen-bond donors (Lipinski definition) is 1. The van der Waals surface area contributed by atoms with Crippen LogP contribution in [0.4, 0.5) is 0 Å². The molecule has 7 nitrogen and oxygen atoms in total. The van der Waals surface area contributed by atoms with Crippen LogP contribution in [0.3, 0.4) is 0 Å². The summed E-state index contributed by atoms with van der Waals surface area (Å²) in [5.74, 6) is 1.41. The lowest BCUT2D eigenvalue weighted by molar-refractivity contribution is -0.0403. The summed E-state index contributed by atoms with van der Waals surface area (Å²) in [6.07, 6.45) is 1.38. The molecule has 0 aromatic carbocycles. The highest BCUT2D eigenvalue weighted by Gasteiger charge is 2.31. The molecule has 8 heteroatoms. The summed E-state index contributed by atoms with van der Waals surface area (Å²) >= 11 is 0. The van der Waals surface area contributed by atoms with Crippen LogP contribution in [-0.4, -0.2) is 42.7 Å². The highest BCUT2D eigenvalue weighted by molar-refractivity contribution is 7.91. The van der Waals surface area contributed by atoms with Gasteiger partial charge in [0.1, 0.15) is 5.60 Å². The molecule has 0 radical (unpaired) electrons. The fourth-order valence-electron chi connectivity index (χ4n) is 2.37. The van der Waals surface area contributed by atoms with Crippen molar-refractivity contribution in [3.8, 4) is 0 Å². The number of ether oxygens (including phenoxy) is 1. The first-order valence-corrected chi connectivity index (χ1v) is 9.11. The Kier molecular flexibility index (Phi) is 5.00. The average Bonchev–Trinajstić information content (AvgIpc) is 3.03. The van der Waals surface area contributed by atoms with Gasteiger partial charge in [-0.05, 0) is 26.7 Å². The number of sulfone groups is 1. The molecule has 1 aliphatic heterocycles. The van der Waals surface area contributed by atoms with Gasteiger partial charge < -0.3 is 14.6 Å². The van der Waals surface area contributed by atoms with E-state index in [-0.39, 0.29) is 17.5 Å². The summed E-state index contributed by atoms with van der Waals surface area (Å²) in [5, 5.41) is 7.13. The van der Waals surface area contributed by atoms with E-state index in [1.54, 1.807) is 0 Å². The minimum absolute atomic E-state index is 0.0326. The number of nitrogens with zero attached hydrogens (tertiary/aromatic N) is 2. The van der Waals surface area contributed by atoms with Crippen LogP contribution < -0.4 is 5.32 Å². The quantitative estimate of drug-likeness (QED) is 0.802. The maximum absolute atomic E-state index is 11.4. The van der Waals surface area contributed by atoms with Gasteiger partial charge in [-0.1, -0.05) is 12.1 Å². The van der Waals surface area contributed by atoms with Crippen LogP contribution in [0.15, 0.2) is 4.52 Å². The molecule has 1 saturated heterocycles. The summed E-state index contributed by atoms with van der Waals surface area (Å²) in [7, 11) is -2.88. The number of rotatable bonds is 7. The zero-order valence-corrected chi connectivity index (χ0v) is 13.6. The Morgan fingerprint density at radius 3 is 2.81 bits per heavy atom. The number of aromatic nitrogens is 2. The largest absolute Gasteiger partial charge is 0.367 e. The first kappa shape index (κ1) is 16.4. The van der Waals surface area contributed by atoms with Crippen molar-refractivity contribution in [3.05, 3.63) is 11.7 Å². The first-order valence-electron chi connectivity index (χ1n) is 7.29. The summed E-state index contributed by atoms with van der Waals surface area (Å²) < 4.78 is 33.7. The molecule has 2 heterocycles. The fourth-order valence-corrected chi connectivity index (χ4v) is 4.08. The second-order valence-corrected chi connectivity index (χ2v) is 7.74. The molecule has 0 aliphatic carbocycles. The van der Waals surface area contributed by atoms with E-state index in [1.807, 2.05) is 20.8 Å². The van der Waals surface area contributed by atoms with Crippen LogP contribution in [0.5, 0.6) is 0 Å². The van der Waals surface area contributed by atoms with Crippen LogP contribution >= 0.6 is 0 Å². The second-order valence-electron chi connectivity index (χ2n) is 5.51. The molecule has 1 fully saturated rings. The highest BCUT2D eigenvalue weighted by atomic mass is 32.2. The monoisotopic (exact) mass is 317 g/mol. The molecule has 1 N–H and O–H groups in total. The van der Waals surface area contributed by atoms with Crippen molar-refractivity contribution >= 4 is 9.84 Å². The van der Waals surface area contributed by atoms with Crippen molar-refractivity contribution in [3.63, 3.8) is 0 Å². The van der Waals surface area contributed by atoms with Crippen molar-refractivity contribution in [1.82, 2.24) is 15.5 Å². The Hall–Kier alpha value is -0.990. The lowest BCUT2D eigenvalue weighted by atomic mass is 10.0. The summed E-state index contributed by atoms with van der Waals surface area (Å²) in [4.78, 5) is 4.35. The minimum atomic E-state index is -2.88. The molecule has 0 spiro atoms. The van der Waals surface area contributed by atoms with Gasteiger partial charge in [-0.25, -0.2) is 8.42 Å². The molecule has 21 heavy (non-hydrogen) atoms. The van der Waals surface area contributed by atoms with Crippen LogP contribution in [-0.2, 0) is 26.7 Å². The summed E-state index contributed by atoms with van der Waals surface area (Å²) in [6, 6.07) is -0.0326. The predicted octanol–water partition coefficient (Wildman–Crippen LogP) is 1.01. The first-order chi connectivity index (χ1) is 9.88. The van der Waals surface area contributed by atoms with Crippen LogP contribution in [0.2, 0.25) is 0 Å². The van der Waals surface area contributed by atoms with Gasteiger partial charge in [-0.15, -0.1) is 0 Å². The van der Waals surface area contributed by atoms with Crippen molar-refractivity contribution in [2.45, 2.75) is 51.8 Å². The Morgan fingerprint density at radius 2 is 2.24 bits per heavy atom. The van der Waals surface area contributed by atoms with Crippen molar-refractivity contribution < 1.29 is 17.7 Å². The molecule has 1 aromatic heterocycles. The lowest BCUT2D eigenvalue weighted by Gasteiger charge is -2.23. The Morgan fingerprint density at radius 1 is 1.48 bits per heavy atom. The molecule has 2 atom stereocenters. The molecule has 0 saturated carbocycles. The Bertz CT molecular complexity index is 572. The van der Waals surface area contributed by atoms with Crippen molar-refractivity contribution in [1.29, 1.82) is 0 Å². The van der Waals surface area contributed by atoms with Gasteiger partial charge in [0.15, 0.2) is 9.84 Å². The van der Waals surface area contributed by atoms with E-state index in [2.05, 4.69) is 15.5 Å². The SMILES string of the molecule is CCOC(C)(CC)c1noc(CNC2CCS(=O)(=O)C2)n1. The summed E-state index contributed by atoms with van der Waals surface area (Å²) in [6.45, 7) is 6.82. The molecule has 0 bridgehead atoms. The van der Waals surface area contributed by atoms with Gasteiger partial charge in [0.05, 0.1) is 18.1 Å². The van der Waals surface area contributed by atoms with Crippen LogP contribution in [0.1, 0.15) is 45.3 Å². The van der Waals surface area contributed by atoms with E-state index in [9.17, 15) is 8.42 Å². The van der Waals surface area contributed by atoms with Gasteiger partial charge in [0.25, 0.3) is 0 Å². The smallest absolute Gasteiger partial charge is 0.240 e. The molecule has 2 rings (SSSR count). The van der Waals surface area contributed by atoms with Gasteiger partial charge in [0.2, 0.25) is 11.7 Å². The number of hydrogen-bond acceptors (Lipinski definition) is 7. The highest BCUT2D eigenvalue weighted by Crippen LogP contribution is 2.26. The van der Waals surface area contributed by atoms with Gasteiger partial charge >= 0.3 is 0 Å². The van der Waals surface area contributed by atoms with Crippen molar-refractivity contribution in [2.75, 3.05) is 18.1 Å². The van der Waals surface area contributed by atoms with Gasteiger partial charge in [-0.2, -0.15) is 4.98 Å². The topological polar surface area (TPSA) is 94.3 Å². The molecule has 120 valence electrons. The average molecular weight is 317 g/mol. The maximum Gasteiger partial charge on any atom is 0.240 e. The van der Waals surface area contributed by atoms with E-state index in [0.29, 0.717) is 31.3 Å². The second kappa shape index (κ2) is 6.41. The van der Waals surface area contributed by atoms with Crippen molar-refractivity contribution in [2.24, 2.45) is 0 Å². The zero-order chi connectivity index (χ0) is 15.5. The van der Waals surface area contributed by atoms with Crippen LogP contribution in [0.25, 0.3) is 0 Å². The van der Waals surface area contributed by atoms with Crippen LogP contribution in [0, 0.1) is 0 Å². The van der Waals surface area contributed by atoms with E-state index >= 15 is 0 Å². The van der Waals surface area contributed by atoms with Gasteiger partial charge in [0, 0.05) is 12.6 Å². The zero-order valence-electron chi connectivity index (χ0n) is 12.8. The number of nitrogens with one attached hydrogen (secondary N) is 1. The van der Waals surface area contributed by atoms with E-state index in [0.717, 1.165) is 6.42 Å². The van der Waals surface area contributed by atoms with E-state index in [1.165, 1.54) is 0 Å². The van der Waals surface area contributed by atoms with Gasteiger partial charge in [-0.3, -0.25) is 0 Å². The third kappa shape index (κ3) is 4.02.